The van der Waals surface area contributed by atoms with Gasteiger partial charge in [0.2, 0.25) is 0 Å². The van der Waals surface area contributed by atoms with E-state index in [0.29, 0.717) is 44.3 Å². The Kier molecular flexibility index (Phi) is 7.32. The van der Waals surface area contributed by atoms with E-state index in [-0.39, 0.29) is 18.6 Å². The van der Waals surface area contributed by atoms with Crippen LogP contribution in [-0.2, 0) is 9.53 Å². The van der Waals surface area contributed by atoms with E-state index in [9.17, 15) is 9.59 Å². The van der Waals surface area contributed by atoms with Crippen LogP contribution in [0.4, 0.5) is 4.79 Å². The second-order valence-electron chi connectivity index (χ2n) is 5.77. The highest BCUT2D eigenvalue weighted by molar-refractivity contribution is 5.78. The molecule has 1 heterocycles. The molecule has 1 aromatic carbocycles. The Balaban J connectivity index is 1.87. The highest BCUT2D eigenvalue weighted by atomic mass is 16.6. The van der Waals surface area contributed by atoms with E-state index < -0.39 is 0 Å². The van der Waals surface area contributed by atoms with Gasteiger partial charge in [0.15, 0.2) is 18.1 Å². The lowest BCUT2D eigenvalue weighted by Crippen LogP contribution is -2.51. The van der Waals surface area contributed by atoms with E-state index in [0.717, 1.165) is 5.56 Å². The molecule has 7 heteroatoms. The van der Waals surface area contributed by atoms with Crippen LogP contribution in [0.1, 0.15) is 19.4 Å². The number of hydrogen-bond acceptors (Lipinski definition) is 5. The smallest absolute Gasteiger partial charge is 0.409 e. The maximum Gasteiger partial charge on any atom is 0.409 e. The normalized spacial score (nSPS) is 14.4. The zero-order chi connectivity index (χ0) is 18.9. The first-order chi connectivity index (χ1) is 12.6. The molecular weight excluding hydrogens is 336 g/mol. The van der Waals surface area contributed by atoms with E-state index in [2.05, 4.69) is 0 Å². The third-order valence-corrected chi connectivity index (χ3v) is 4.06. The summed E-state index contributed by atoms with van der Waals surface area (Å²) in [5, 5.41) is 0. The predicted molar refractivity (Wildman–Crippen MR) is 98.4 cm³/mol. The van der Waals surface area contributed by atoms with Gasteiger partial charge in [0.05, 0.1) is 13.7 Å². The number of ether oxygens (including phenoxy) is 3. The van der Waals surface area contributed by atoms with Crippen molar-refractivity contribution in [1.29, 1.82) is 0 Å². The van der Waals surface area contributed by atoms with E-state index in [1.54, 1.807) is 29.9 Å². The van der Waals surface area contributed by atoms with Crippen LogP contribution in [0.2, 0.25) is 0 Å². The number of methoxy groups -OCH3 is 1. The lowest BCUT2D eigenvalue weighted by atomic mass is 10.2. The predicted octanol–water partition coefficient (Wildman–Crippen LogP) is 2.41. The second kappa shape index (κ2) is 9.70. The fourth-order valence-electron chi connectivity index (χ4n) is 2.68. The van der Waals surface area contributed by atoms with Crippen molar-refractivity contribution in [2.45, 2.75) is 13.8 Å². The SMILES string of the molecule is C/C=C/c1ccc(OCC(=O)N2CCN(C(=O)OCC)CC2)c(OC)c1. The Morgan fingerprint density at radius 1 is 1.12 bits per heavy atom. The van der Waals surface area contributed by atoms with Crippen LogP contribution in [0.5, 0.6) is 11.5 Å². The van der Waals surface area contributed by atoms with Gasteiger partial charge >= 0.3 is 6.09 Å². The van der Waals surface area contributed by atoms with Crippen molar-refractivity contribution < 1.29 is 23.8 Å². The molecule has 2 rings (SSSR count). The summed E-state index contributed by atoms with van der Waals surface area (Å²) in [6.07, 6.45) is 3.57. The van der Waals surface area contributed by atoms with Gasteiger partial charge < -0.3 is 24.0 Å². The van der Waals surface area contributed by atoms with Crippen molar-refractivity contribution in [3.8, 4) is 11.5 Å². The van der Waals surface area contributed by atoms with Gasteiger partial charge in [-0.3, -0.25) is 4.79 Å². The number of rotatable bonds is 6. The highest BCUT2D eigenvalue weighted by Crippen LogP contribution is 2.28. The quantitative estimate of drug-likeness (QED) is 0.777. The van der Waals surface area contributed by atoms with E-state index >= 15 is 0 Å². The Hall–Kier alpha value is -2.70. The van der Waals surface area contributed by atoms with Gasteiger partial charge in [-0.15, -0.1) is 0 Å². The van der Waals surface area contributed by atoms with Gasteiger partial charge in [0, 0.05) is 26.2 Å². The summed E-state index contributed by atoms with van der Waals surface area (Å²) in [6, 6.07) is 5.55. The van der Waals surface area contributed by atoms with Gasteiger partial charge in [-0.2, -0.15) is 0 Å². The molecule has 26 heavy (non-hydrogen) atoms. The zero-order valence-electron chi connectivity index (χ0n) is 15.6. The van der Waals surface area contributed by atoms with Crippen LogP contribution < -0.4 is 9.47 Å². The topological polar surface area (TPSA) is 68.3 Å². The molecule has 0 radical (unpaired) electrons. The lowest BCUT2D eigenvalue weighted by Gasteiger charge is -2.34. The van der Waals surface area contributed by atoms with Gasteiger partial charge in [-0.05, 0) is 31.5 Å². The molecule has 0 aliphatic carbocycles. The van der Waals surface area contributed by atoms with Crippen molar-refractivity contribution in [1.82, 2.24) is 9.80 Å². The van der Waals surface area contributed by atoms with E-state index in [4.69, 9.17) is 14.2 Å². The Morgan fingerprint density at radius 3 is 2.42 bits per heavy atom. The number of carbonyl (C=O) groups excluding carboxylic acids is 2. The molecule has 2 amide bonds. The van der Waals surface area contributed by atoms with Crippen molar-refractivity contribution in [2.24, 2.45) is 0 Å². The number of piperazine rings is 1. The molecule has 0 aromatic heterocycles. The minimum absolute atomic E-state index is 0.0707. The van der Waals surface area contributed by atoms with Crippen LogP contribution >= 0.6 is 0 Å². The fraction of sp³-hybridized carbons (Fsp3) is 0.474. The largest absolute Gasteiger partial charge is 0.493 e. The van der Waals surface area contributed by atoms with Gasteiger partial charge in [0.1, 0.15) is 0 Å². The number of nitrogens with zero attached hydrogens (tertiary/aromatic N) is 2. The summed E-state index contributed by atoms with van der Waals surface area (Å²) in [7, 11) is 1.57. The van der Waals surface area contributed by atoms with Crippen LogP contribution in [0, 0.1) is 0 Å². The van der Waals surface area contributed by atoms with Gasteiger partial charge in [0.25, 0.3) is 5.91 Å². The number of benzene rings is 1. The Labute approximate surface area is 154 Å². The standard InChI is InChI=1S/C19H26N2O5/c1-4-6-15-7-8-16(17(13-15)24-3)26-14-18(22)20-9-11-21(12-10-20)19(23)25-5-2/h4,6-8,13H,5,9-12,14H2,1-3H3/b6-4+. The number of amides is 2. The first kappa shape index (κ1) is 19.6. The number of carbonyl (C=O) groups is 2. The van der Waals surface area contributed by atoms with Crippen LogP contribution in [0.3, 0.4) is 0 Å². The Morgan fingerprint density at radius 2 is 1.81 bits per heavy atom. The third kappa shape index (κ3) is 5.15. The van der Waals surface area contributed by atoms with Crippen LogP contribution in [0.15, 0.2) is 24.3 Å². The first-order valence-electron chi connectivity index (χ1n) is 8.72. The van der Waals surface area contributed by atoms with Crippen molar-refractivity contribution >= 4 is 18.1 Å². The molecule has 7 nitrogen and oxygen atoms in total. The molecule has 1 aliphatic rings. The Bertz CT molecular complexity index is 651. The number of hydrogen-bond donors (Lipinski definition) is 0. The summed E-state index contributed by atoms with van der Waals surface area (Å²) in [6.45, 7) is 5.86. The molecule has 1 aromatic rings. The number of allylic oxidation sites excluding steroid dienone is 1. The first-order valence-corrected chi connectivity index (χ1v) is 8.72. The van der Waals surface area contributed by atoms with Crippen molar-refractivity contribution in [3.63, 3.8) is 0 Å². The monoisotopic (exact) mass is 362 g/mol. The van der Waals surface area contributed by atoms with Gasteiger partial charge in [-0.25, -0.2) is 4.79 Å². The molecule has 142 valence electrons. The molecular formula is C19H26N2O5. The summed E-state index contributed by atoms with van der Waals surface area (Å²) in [5.74, 6) is 0.993. The summed E-state index contributed by atoms with van der Waals surface area (Å²) in [5.41, 5.74) is 0.998. The molecule has 0 bridgehead atoms. The zero-order valence-corrected chi connectivity index (χ0v) is 15.6. The van der Waals surface area contributed by atoms with Crippen LogP contribution in [-0.4, -0.2) is 68.3 Å². The third-order valence-electron chi connectivity index (χ3n) is 4.06. The molecule has 1 fully saturated rings. The van der Waals surface area contributed by atoms with E-state index in [1.165, 1.54) is 0 Å². The lowest BCUT2D eigenvalue weighted by molar-refractivity contribution is -0.135. The molecule has 1 saturated heterocycles. The summed E-state index contributed by atoms with van der Waals surface area (Å²) >= 11 is 0. The molecule has 1 aliphatic heterocycles. The summed E-state index contributed by atoms with van der Waals surface area (Å²) in [4.78, 5) is 27.3. The minimum Gasteiger partial charge on any atom is -0.493 e. The molecule has 0 spiro atoms. The molecule has 0 unspecified atom stereocenters. The average Bonchev–Trinajstić information content (AvgIpc) is 2.67. The molecule has 0 N–H and O–H groups in total. The van der Waals surface area contributed by atoms with Crippen molar-refractivity contribution in [3.05, 3.63) is 29.8 Å². The maximum atomic E-state index is 12.4. The van der Waals surface area contributed by atoms with Crippen molar-refractivity contribution in [2.75, 3.05) is 46.5 Å². The second-order valence-corrected chi connectivity index (χ2v) is 5.77. The minimum atomic E-state index is -0.332. The van der Waals surface area contributed by atoms with Gasteiger partial charge in [-0.1, -0.05) is 18.2 Å². The summed E-state index contributed by atoms with van der Waals surface area (Å²) < 4.78 is 16.0. The highest BCUT2D eigenvalue weighted by Gasteiger charge is 2.25. The molecule has 0 atom stereocenters. The fourth-order valence-corrected chi connectivity index (χ4v) is 2.68. The molecule has 0 saturated carbocycles. The average molecular weight is 362 g/mol. The maximum absolute atomic E-state index is 12.4. The van der Waals surface area contributed by atoms with Crippen LogP contribution in [0.25, 0.3) is 6.08 Å². The van der Waals surface area contributed by atoms with E-state index in [1.807, 2.05) is 31.2 Å².